The van der Waals surface area contributed by atoms with Crippen LogP contribution in [0.3, 0.4) is 0 Å². The monoisotopic (exact) mass is 1800 g/mol. The molecule has 2 fully saturated rings. The Kier molecular flexibility index (Phi) is 64.0. The van der Waals surface area contributed by atoms with Crippen LogP contribution in [0.5, 0.6) is 0 Å². The third-order valence-corrected chi connectivity index (χ3v) is 28.2. The molecule has 754 valence electrons. The summed E-state index contributed by atoms with van der Waals surface area (Å²) in [5.41, 5.74) is 12.6. The zero-order valence-electron chi connectivity index (χ0n) is 99.2. The van der Waals surface area contributed by atoms with E-state index in [1.807, 2.05) is 34.8 Å². The Labute approximate surface area is 826 Å². The van der Waals surface area contributed by atoms with Gasteiger partial charge in [0.05, 0.1) is 38.6 Å². The third-order valence-electron chi connectivity index (χ3n) is 21.8. The summed E-state index contributed by atoms with van der Waals surface area (Å²) in [6.45, 7) is 151. The molecular weight excluding hydrogens is 1560 g/mol. The minimum absolute atomic E-state index is 0. The molecule has 2 aromatic rings. The number of ether oxygens (including phenoxy) is 3. The molecule has 5 rings (SSSR count). The minimum Gasteiger partial charge on any atom is -0.378 e. The van der Waals surface area contributed by atoms with Crippen LogP contribution in [0.1, 0.15) is 524 Å². The molecule has 0 bridgehead atoms. The number of hydrogen-bond donors (Lipinski definition) is 0. The number of hydrogen-bond acceptors (Lipinski definition) is 4. The number of nitrogens with zero attached hydrogens (tertiary/aromatic N) is 1. The largest absolute Gasteiger partial charge is 0.378 e. The molecule has 2 saturated heterocycles. The maximum Gasteiger partial charge on any atom is 0.0891 e. The Balaban J connectivity index is -0.000000210. The molecule has 0 saturated carbocycles. The van der Waals surface area contributed by atoms with Crippen molar-refractivity contribution < 1.29 is 51.9 Å². The average Bonchev–Trinajstić information content (AvgIpc) is 1.62. The van der Waals surface area contributed by atoms with Crippen molar-refractivity contribution in [1.29, 1.82) is 0 Å². The van der Waals surface area contributed by atoms with Crippen molar-refractivity contribution in [2.45, 2.75) is 573 Å². The summed E-state index contributed by atoms with van der Waals surface area (Å²) >= 11 is 0. The Bertz CT molecular complexity index is 2830. The summed E-state index contributed by atoms with van der Waals surface area (Å²) in [4.78, 5) is 2.64. The number of rotatable bonds is 14. The van der Waals surface area contributed by atoms with Crippen molar-refractivity contribution in [2.24, 2.45) is 104 Å². The molecule has 4 nitrogen and oxygen atoms in total. The molecule has 8 atom stereocenters. The molecule has 6 heteroatoms. The molecule has 0 amide bonds. The molecule has 1 aliphatic carbocycles. The van der Waals surface area contributed by atoms with Crippen molar-refractivity contribution >= 4 is 8.07 Å². The Hall–Kier alpha value is -0.243. The van der Waals surface area contributed by atoms with Gasteiger partial charge in [0.2, 0.25) is 0 Å². The van der Waals surface area contributed by atoms with Gasteiger partial charge in [0, 0.05) is 62.2 Å². The van der Waals surface area contributed by atoms with Gasteiger partial charge in [-0.15, -0.1) is 0 Å². The van der Waals surface area contributed by atoms with Gasteiger partial charge in [-0.3, -0.25) is 4.90 Å². The summed E-state index contributed by atoms with van der Waals surface area (Å²) in [5.74, 6) is 2.32. The predicted octanol–water partition coefficient (Wildman–Crippen LogP) is 40.9. The van der Waals surface area contributed by atoms with Gasteiger partial charge in [0.15, 0.2) is 0 Å². The Morgan fingerprint density at radius 1 is 0.312 bits per heavy atom. The van der Waals surface area contributed by atoms with Gasteiger partial charge in [0.1, 0.15) is 0 Å². The standard InChI is InChI=1S/C19H38O2.C19H38O.C18H20.C17H38Si.C16H35N.C6H14.4C5H12.2C2H6.Ar/c1-17(2,3)11-13-15(19(7,8)9)16(20-10)14(21-13)12-18(4,5)6;1-11-13-15(18(5,6)7)16(19(8,9)10)14(20-13)12-17(2,3)4;1-18(2,3)12-17-15-10-6-4-8-13(15)14-9-5-7-11-16(14)17;1-15(2,3)11-13-18(10,17(7,8)9)14-12-16(4,5)6;1-14(2,3)10-12-17(16(7,8)9)13-11-15(4,5)6;1-5-6(2,3)4;4*1-5(2,3)4;2*1-2;/h13-16H,11-12H2,1-10H3;13-16H,11-12H2,1-10H3;4-11,17H,12H2,1-3H3;11-14H2,1-10H3;10-13H2,1-9H3;5H2,1-4H3;4*1-4H3;2*1-2H3;. The van der Waals surface area contributed by atoms with E-state index < -0.39 is 8.07 Å². The van der Waals surface area contributed by atoms with Crippen molar-refractivity contribution in [1.82, 2.24) is 4.90 Å². The molecule has 0 spiro atoms. The molecule has 125 heavy (non-hydrogen) atoms. The summed E-state index contributed by atoms with van der Waals surface area (Å²) in [5, 5.41) is 0.531. The smallest absolute Gasteiger partial charge is 0.0891 e. The Morgan fingerprint density at radius 2 is 0.544 bits per heavy atom. The van der Waals surface area contributed by atoms with Gasteiger partial charge >= 0.3 is 0 Å². The first kappa shape index (κ1) is 140. The van der Waals surface area contributed by atoms with E-state index in [4.69, 9.17) is 14.2 Å². The van der Waals surface area contributed by atoms with Gasteiger partial charge in [0.25, 0.3) is 0 Å². The van der Waals surface area contributed by atoms with E-state index in [1.54, 1.807) is 0 Å². The van der Waals surface area contributed by atoms with Gasteiger partial charge < -0.3 is 14.2 Å². The van der Waals surface area contributed by atoms with Crippen LogP contribution in [0.15, 0.2) is 48.5 Å². The first-order valence-electron chi connectivity index (χ1n) is 50.9. The number of fused-ring (bicyclic) bond motifs is 3. The van der Waals surface area contributed by atoms with Crippen molar-refractivity contribution in [3.05, 3.63) is 59.7 Å². The average molecular weight is 1800 g/mol. The second-order valence-electron chi connectivity index (χ2n) is 60.6. The second-order valence-corrected chi connectivity index (χ2v) is 66.2. The topological polar surface area (TPSA) is 30.9 Å². The molecule has 2 aliphatic heterocycles. The van der Waals surface area contributed by atoms with Crippen LogP contribution in [0.25, 0.3) is 11.1 Å². The third kappa shape index (κ3) is 79.7. The fraction of sp³-hybridized carbons (Fsp3) is 0.899. The van der Waals surface area contributed by atoms with Crippen LogP contribution in [-0.4, -0.2) is 69.2 Å². The van der Waals surface area contributed by atoms with Crippen LogP contribution in [-0.2, 0) is 14.2 Å². The van der Waals surface area contributed by atoms with Crippen molar-refractivity contribution in [3.8, 4) is 11.1 Å². The van der Waals surface area contributed by atoms with E-state index in [0.29, 0.717) is 117 Å². The quantitative estimate of drug-likeness (QED) is 0.176. The van der Waals surface area contributed by atoms with Crippen LogP contribution in [0.2, 0.25) is 23.7 Å². The second kappa shape index (κ2) is 57.1. The van der Waals surface area contributed by atoms with Gasteiger partial charge in [-0.05, 0) is 205 Å². The summed E-state index contributed by atoms with van der Waals surface area (Å²) in [7, 11) is 0.679. The maximum atomic E-state index is 6.56. The molecule has 2 heterocycles. The van der Waals surface area contributed by atoms with E-state index in [0.717, 1.165) is 25.7 Å². The van der Waals surface area contributed by atoms with E-state index in [1.165, 1.54) is 86.0 Å². The maximum absolute atomic E-state index is 6.56. The van der Waals surface area contributed by atoms with E-state index in [2.05, 4.69) is 475 Å². The number of methoxy groups -OCH3 is 1. The summed E-state index contributed by atoms with van der Waals surface area (Å²) < 4.78 is 19.0. The van der Waals surface area contributed by atoms with Crippen LogP contribution < -0.4 is 0 Å². The first-order chi connectivity index (χ1) is 54.1. The molecule has 3 aliphatic rings. The molecule has 2 aromatic carbocycles. The minimum atomic E-state index is -1.17. The van der Waals surface area contributed by atoms with E-state index >= 15 is 0 Å². The van der Waals surface area contributed by atoms with Gasteiger partial charge in [-0.1, -0.05) is 509 Å². The predicted molar refractivity (Wildman–Crippen MR) is 579 cm³/mol. The van der Waals surface area contributed by atoms with Crippen LogP contribution >= 0.6 is 0 Å². The zero-order chi connectivity index (χ0) is 101. The molecule has 0 aromatic heterocycles. The van der Waals surface area contributed by atoms with E-state index in [9.17, 15) is 0 Å². The van der Waals surface area contributed by atoms with Crippen LogP contribution in [0, 0.1) is 142 Å². The zero-order valence-corrected chi connectivity index (χ0v) is 101. The van der Waals surface area contributed by atoms with Crippen molar-refractivity contribution in [2.75, 3.05) is 20.2 Å². The first-order valence-corrected chi connectivity index (χ1v) is 53.8. The Morgan fingerprint density at radius 3 is 0.752 bits per heavy atom. The van der Waals surface area contributed by atoms with Crippen molar-refractivity contribution in [3.63, 3.8) is 0 Å². The fourth-order valence-corrected chi connectivity index (χ4v) is 19.2. The number of benzene rings is 2. The normalized spacial score (nSPS) is 19.4. The van der Waals surface area contributed by atoms with Crippen LogP contribution in [0.4, 0.5) is 0 Å². The summed E-state index contributed by atoms with van der Waals surface area (Å²) in [6, 6.07) is 20.7. The fourth-order valence-electron chi connectivity index (χ4n) is 14.9. The van der Waals surface area contributed by atoms with Gasteiger partial charge in [-0.25, -0.2) is 0 Å². The molecular formula is C119H243ArNO3Si. The molecule has 0 N–H and O–H groups in total. The van der Waals surface area contributed by atoms with Gasteiger partial charge in [-0.2, -0.15) is 0 Å². The van der Waals surface area contributed by atoms with E-state index in [-0.39, 0.29) is 71.7 Å². The summed E-state index contributed by atoms with van der Waals surface area (Å²) in [6.07, 6.45) is 13.8. The molecule has 8 unspecified atom stereocenters. The SMILES string of the molecule is CC.CC.CC(C)(C)C.CC(C)(C)C.CC(C)(C)C.CC(C)(C)C.CC(C)(C)CC1c2ccccc2-c2ccccc21.CC(C)(C)CCN(CCC(C)(C)C)C(C)(C)C.CC(C)(C)CC[Si](C)(CCC(C)(C)C)C(C)(C)C.CCC(C)(C)C.CCC1OC(CC(C)(C)C)C(C(C)(C)C)C1C(C)(C)C.COC1C(CC(C)(C)C)OC(CC(C)(C)C)C1C(C)(C)C.[Ar]. The molecule has 0 radical (unpaired) electrons.